The van der Waals surface area contributed by atoms with Gasteiger partial charge in [0.1, 0.15) is 11.6 Å². The second-order valence-electron chi connectivity index (χ2n) is 6.24. The van der Waals surface area contributed by atoms with Crippen LogP contribution in [0, 0.1) is 5.82 Å². The largest absolute Gasteiger partial charge is 0.496 e. The number of ether oxygens (including phenoxy) is 1. The minimum absolute atomic E-state index is 0.115. The molecular formula is C20H22FN3O2. The zero-order valence-corrected chi connectivity index (χ0v) is 15.1. The highest BCUT2D eigenvalue weighted by atomic mass is 19.1. The van der Waals surface area contributed by atoms with E-state index in [-0.39, 0.29) is 11.9 Å². The molecule has 1 atom stereocenters. The molecule has 0 N–H and O–H groups in total. The van der Waals surface area contributed by atoms with Crippen molar-refractivity contribution in [3.8, 4) is 5.75 Å². The van der Waals surface area contributed by atoms with Crippen LogP contribution >= 0.6 is 0 Å². The summed E-state index contributed by atoms with van der Waals surface area (Å²) >= 11 is 0. The molecule has 0 amide bonds. The minimum atomic E-state index is -0.267. The van der Waals surface area contributed by atoms with Crippen molar-refractivity contribution in [2.24, 2.45) is 0 Å². The predicted molar refractivity (Wildman–Crippen MR) is 96.4 cm³/mol. The lowest BCUT2D eigenvalue weighted by molar-refractivity contribution is 0.212. The molecule has 3 aromatic rings. The lowest BCUT2D eigenvalue weighted by Crippen LogP contribution is -2.22. The van der Waals surface area contributed by atoms with Crippen molar-refractivity contribution in [2.45, 2.75) is 25.9 Å². The minimum Gasteiger partial charge on any atom is -0.496 e. The van der Waals surface area contributed by atoms with Crippen molar-refractivity contribution < 1.29 is 13.7 Å². The van der Waals surface area contributed by atoms with E-state index in [4.69, 9.17) is 9.26 Å². The Labute approximate surface area is 152 Å². The van der Waals surface area contributed by atoms with Crippen molar-refractivity contribution in [3.63, 3.8) is 0 Å². The monoisotopic (exact) mass is 355 g/mol. The fourth-order valence-electron chi connectivity index (χ4n) is 2.85. The molecule has 0 bridgehead atoms. The average molecular weight is 355 g/mol. The number of rotatable bonds is 7. The van der Waals surface area contributed by atoms with Gasteiger partial charge in [-0.1, -0.05) is 35.5 Å². The molecule has 3 rings (SSSR count). The number of nitrogens with zero attached hydrogens (tertiary/aromatic N) is 3. The van der Waals surface area contributed by atoms with Crippen molar-refractivity contribution in [2.75, 3.05) is 14.2 Å². The summed E-state index contributed by atoms with van der Waals surface area (Å²) in [5.41, 5.74) is 1.91. The number of aromatic nitrogens is 2. The van der Waals surface area contributed by atoms with Crippen molar-refractivity contribution in [3.05, 3.63) is 77.2 Å². The van der Waals surface area contributed by atoms with Crippen LogP contribution in [0.5, 0.6) is 5.75 Å². The molecule has 26 heavy (non-hydrogen) atoms. The van der Waals surface area contributed by atoms with Crippen molar-refractivity contribution in [1.29, 1.82) is 0 Å². The predicted octanol–water partition coefficient (Wildman–Crippen LogP) is 4.00. The van der Waals surface area contributed by atoms with E-state index in [9.17, 15) is 4.39 Å². The first-order chi connectivity index (χ1) is 12.6. The molecule has 1 heterocycles. The van der Waals surface area contributed by atoms with E-state index in [2.05, 4.69) is 22.0 Å². The van der Waals surface area contributed by atoms with Gasteiger partial charge in [0.05, 0.1) is 13.7 Å². The summed E-state index contributed by atoms with van der Waals surface area (Å²) in [6, 6.07) is 14.5. The average Bonchev–Trinajstić information content (AvgIpc) is 3.07. The summed E-state index contributed by atoms with van der Waals surface area (Å²) in [6.07, 6.45) is 0.438. The van der Waals surface area contributed by atoms with E-state index in [1.165, 1.54) is 12.1 Å². The summed E-state index contributed by atoms with van der Waals surface area (Å²) in [4.78, 5) is 6.53. The van der Waals surface area contributed by atoms with E-state index in [1.807, 2.05) is 37.4 Å². The highest BCUT2D eigenvalue weighted by molar-refractivity contribution is 5.35. The van der Waals surface area contributed by atoms with E-state index < -0.39 is 0 Å². The Bertz CT molecular complexity index is 866. The number of methoxy groups -OCH3 is 1. The Morgan fingerprint density at radius 3 is 2.77 bits per heavy atom. The summed E-state index contributed by atoms with van der Waals surface area (Å²) < 4.78 is 24.1. The van der Waals surface area contributed by atoms with Crippen molar-refractivity contribution in [1.82, 2.24) is 15.0 Å². The zero-order valence-electron chi connectivity index (χ0n) is 15.1. The smallest absolute Gasteiger partial charge is 0.240 e. The third-order valence-electron chi connectivity index (χ3n) is 4.40. The van der Waals surface area contributed by atoms with E-state index in [0.717, 1.165) is 16.9 Å². The standard InChI is InChI=1S/C20H22FN3O2/c1-14(17-9-4-5-10-18(17)25-3)24(2)13-20-22-19(23-26-20)12-15-7-6-8-16(21)11-15/h4-11,14H,12-13H2,1-3H3. The molecule has 6 heteroatoms. The van der Waals surface area contributed by atoms with Gasteiger partial charge in [-0.05, 0) is 37.7 Å². The maximum Gasteiger partial charge on any atom is 0.240 e. The molecule has 0 radical (unpaired) electrons. The third kappa shape index (κ3) is 4.26. The van der Waals surface area contributed by atoms with Crippen LogP contribution in [0.25, 0.3) is 0 Å². The highest BCUT2D eigenvalue weighted by Gasteiger charge is 2.18. The van der Waals surface area contributed by atoms with Gasteiger partial charge >= 0.3 is 0 Å². The second-order valence-corrected chi connectivity index (χ2v) is 6.24. The van der Waals surface area contributed by atoms with Crippen molar-refractivity contribution >= 4 is 0 Å². The second kappa shape index (κ2) is 8.10. The first-order valence-electron chi connectivity index (χ1n) is 8.46. The van der Waals surface area contributed by atoms with E-state index in [0.29, 0.717) is 24.7 Å². The molecule has 0 spiro atoms. The maximum absolute atomic E-state index is 13.3. The number of hydrogen-bond donors (Lipinski definition) is 0. The topological polar surface area (TPSA) is 51.4 Å². The molecular weight excluding hydrogens is 333 g/mol. The van der Waals surface area contributed by atoms with E-state index in [1.54, 1.807) is 13.2 Å². The number of hydrogen-bond acceptors (Lipinski definition) is 5. The fourth-order valence-corrected chi connectivity index (χ4v) is 2.85. The molecule has 0 aliphatic rings. The van der Waals surface area contributed by atoms with Gasteiger partial charge in [0, 0.05) is 18.0 Å². The highest BCUT2D eigenvalue weighted by Crippen LogP contribution is 2.28. The van der Waals surface area contributed by atoms with Gasteiger partial charge in [0.25, 0.3) is 0 Å². The molecule has 5 nitrogen and oxygen atoms in total. The molecule has 0 saturated heterocycles. The number of benzene rings is 2. The number of para-hydroxylation sites is 1. The molecule has 136 valence electrons. The Hall–Kier alpha value is -2.73. The molecule has 0 fully saturated rings. The maximum atomic E-state index is 13.3. The van der Waals surface area contributed by atoms with Crippen LogP contribution in [-0.2, 0) is 13.0 Å². The number of halogens is 1. The summed E-state index contributed by atoms with van der Waals surface area (Å²) in [7, 11) is 3.66. The summed E-state index contributed by atoms with van der Waals surface area (Å²) in [5, 5.41) is 4.00. The van der Waals surface area contributed by atoms with E-state index >= 15 is 0 Å². The van der Waals surface area contributed by atoms with Crippen LogP contribution < -0.4 is 4.74 Å². The van der Waals surface area contributed by atoms with Crippen LogP contribution in [0.3, 0.4) is 0 Å². The SMILES string of the molecule is COc1ccccc1C(C)N(C)Cc1nc(Cc2cccc(F)c2)no1. The fraction of sp³-hybridized carbons (Fsp3) is 0.300. The van der Waals surface area contributed by atoms with Crippen LogP contribution in [-0.4, -0.2) is 29.2 Å². The zero-order chi connectivity index (χ0) is 18.5. The Balaban J connectivity index is 1.66. The van der Waals surface area contributed by atoms with Gasteiger partial charge in [-0.2, -0.15) is 4.98 Å². The first-order valence-corrected chi connectivity index (χ1v) is 8.46. The van der Waals surface area contributed by atoms with Crippen LogP contribution in [0.1, 0.15) is 35.8 Å². The molecule has 0 saturated carbocycles. The quantitative estimate of drug-likeness (QED) is 0.641. The molecule has 1 unspecified atom stereocenters. The lowest BCUT2D eigenvalue weighted by Gasteiger charge is -2.24. The first kappa shape index (κ1) is 18.1. The normalized spacial score (nSPS) is 12.3. The third-order valence-corrected chi connectivity index (χ3v) is 4.40. The molecule has 2 aromatic carbocycles. The lowest BCUT2D eigenvalue weighted by atomic mass is 10.1. The van der Waals surface area contributed by atoms with Crippen LogP contribution in [0.4, 0.5) is 4.39 Å². The van der Waals surface area contributed by atoms with Gasteiger partial charge < -0.3 is 9.26 Å². The Morgan fingerprint density at radius 1 is 1.19 bits per heavy atom. The summed E-state index contributed by atoms with van der Waals surface area (Å²) in [6.45, 7) is 2.61. The van der Waals surface area contributed by atoms with Gasteiger partial charge in [-0.25, -0.2) is 4.39 Å². The van der Waals surface area contributed by atoms with Gasteiger partial charge in [-0.3, -0.25) is 4.90 Å². The van der Waals surface area contributed by atoms with Gasteiger partial charge in [0.2, 0.25) is 5.89 Å². The van der Waals surface area contributed by atoms with Crippen LogP contribution in [0.2, 0.25) is 0 Å². The van der Waals surface area contributed by atoms with Gasteiger partial charge in [0.15, 0.2) is 5.82 Å². The van der Waals surface area contributed by atoms with Gasteiger partial charge in [-0.15, -0.1) is 0 Å². The molecule has 0 aliphatic heterocycles. The van der Waals surface area contributed by atoms with Crippen LogP contribution in [0.15, 0.2) is 53.1 Å². The summed E-state index contributed by atoms with van der Waals surface area (Å²) in [5.74, 6) is 1.66. The Morgan fingerprint density at radius 2 is 2.00 bits per heavy atom. The molecule has 0 aliphatic carbocycles. The Kier molecular flexibility index (Phi) is 5.63. The molecule has 1 aromatic heterocycles.